The lowest BCUT2D eigenvalue weighted by atomic mass is 10.2. The van der Waals surface area contributed by atoms with Gasteiger partial charge in [0.05, 0.1) is 5.75 Å². The van der Waals surface area contributed by atoms with Crippen molar-refractivity contribution in [1.82, 2.24) is 20.1 Å². The first kappa shape index (κ1) is 20.0. The molecule has 0 unspecified atom stereocenters. The lowest BCUT2D eigenvalue weighted by Gasteiger charge is -2.08. The number of rotatable bonds is 8. The van der Waals surface area contributed by atoms with Gasteiger partial charge in [-0.15, -0.1) is 10.2 Å². The quantitative estimate of drug-likeness (QED) is 0.481. The molecule has 3 rings (SSSR count). The van der Waals surface area contributed by atoms with Crippen LogP contribution in [0.4, 0.5) is 0 Å². The molecule has 0 radical (unpaired) electrons. The number of aromatic nitrogens is 3. The Kier molecular flexibility index (Phi) is 6.98. The number of carbonyl (C=O) groups is 1. The highest BCUT2D eigenvalue weighted by Gasteiger charge is 2.17. The fourth-order valence-electron chi connectivity index (χ4n) is 2.42. The van der Waals surface area contributed by atoms with Crippen LogP contribution in [0.3, 0.4) is 0 Å². The molecule has 6 nitrogen and oxygen atoms in total. The molecule has 1 N–H and O–H groups in total. The Morgan fingerprint density at radius 3 is 2.70 bits per heavy atom. The van der Waals surface area contributed by atoms with Gasteiger partial charge in [0.2, 0.25) is 11.7 Å². The number of hydrogen-bond donors (Lipinski definition) is 1. The Hall–Kier alpha value is -1.77. The van der Waals surface area contributed by atoms with Gasteiger partial charge in [-0.1, -0.05) is 42.4 Å². The largest absolute Gasteiger partial charge is 0.446 e. The van der Waals surface area contributed by atoms with Gasteiger partial charge in [0.1, 0.15) is 0 Å². The molecule has 0 aliphatic heterocycles. The van der Waals surface area contributed by atoms with E-state index < -0.39 is 0 Å². The van der Waals surface area contributed by atoms with Crippen molar-refractivity contribution in [2.24, 2.45) is 0 Å². The molecular formula is C18H18BrClN4O2S. The van der Waals surface area contributed by atoms with Crippen LogP contribution in [0.5, 0.6) is 0 Å². The van der Waals surface area contributed by atoms with E-state index in [1.807, 2.05) is 28.8 Å². The summed E-state index contributed by atoms with van der Waals surface area (Å²) in [5.41, 5.74) is 0.998. The van der Waals surface area contributed by atoms with E-state index >= 15 is 0 Å². The van der Waals surface area contributed by atoms with Gasteiger partial charge in [-0.05, 0) is 52.2 Å². The van der Waals surface area contributed by atoms with Gasteiger partial charge >= 0.3 is 0 Å². The van der Waals surface area contributed by atoms with E-state index in [1.54, 1.807) is 12.1 Å². The molecule has 2 aromatic heterocycles. The Morgan fingerprint density at radius 1 is 1.26 bits per heavy atom. The summed E-state index contributed by atoms with van der Waals surface area (Å²) in [4.78, 5) is 12.2. The summed E-state index contributed by atoms with van der Waals surface area (Å²) in [6, 6.07) is 11.0. The topological polar surface area (TPSA) is 73.0 Å². The van der Waals surface area contributed by atoms with Crippen molar-refractivity contribution < 1.29 is 9.21 Å². The molecule has 1 aromatic carbocycles. The van der Waals surface area contributed by atoms with Crippen molar-refractivity contribution in [1.29, 1.82) is 0 Å². The molecule has 0 aliphatic carbocycles. The number of nitrogens with zero attached hydrogens (tertiary/aromatic N) is 3. The number of benzene rings is 1. The molecule has 0 fully saturated rings. The zero-order valence-corrected chi connectivity index (χ0v) is 17.8. The highest BCUT2D eigenvalue weighted by atomic mass is 79.9. The summed E-state index contributed by atoms with van der Waals surface area (Å²) in [6.45, 7) is 3.29. The predicted octanol–water partition coefficient (Wildman–Crippen LogP) is 4.77. The van der Waals surface area contributed by atoms with Crippen LogP contribution in [-0.4, -0.2) is 26.4 Å². The molecule has 0 atom stereocenters. The Labute approximate surface area is 174 Å². The smallest absolute Gasteiger partial charge is 0.230 e. The van der Waals surface area contributed by atoms with E-state index in [9.17, 15) is 4.79 Å². The van der Waals surface area contributed by atoms with Crippen LogP contribution < -0.4 is 5.32 Å². The molecule has 2 heterocycles. The molecule has 142 valence electrons. The fraction of sp³-hybridized carbons (Fsp3) is 0.278. The van der Waals surface area contributed by atoms with E-state index in [0.29, 0.717) is 33.0 Å². The van der Waals surface area contributed by atoms with Crippen LogP contribution in [0.25, 0.3) is 11.6 Å². The van der Waals surface area contributed by atoms with Crippen molar-refractivity contribution in [3.05, 3.63) is 51.7 Å². The van der Waals surface area contributed by atoms with E-state index in [4.69, 9.17) is 16.0 Å². The average Bonchev–Trinajstić information content (AvgIpc) is 3.26. The normalized spacial score (nSPS) is 10.9. The molecule has 3 aromatic rings. The van der Waals surface area contributed by atoms with Crippen molar-refractivity contribution in [3.63, 3.8) is 0 Å². The number of thioether (sulfide) groups is 1. The van der Waals surface area contributed by atoms with E-state index in [2.05, 4.69) is 38.4 Å². The molecular weight excluding hydrogens is 452 g/mol. The van der Waals surface area contributed by atoms with Crippen molar-refractivity contribution in [2.45, 2.75) is 31.6 Å². The van der Waals surface area contributed by atoms with Crippen molar-refractivity contribution in [3.8, 4) is 11.6 Å². The van der Waals surface area contributed by atoms with Crippen LogP contribution >= 0.6 is 39.3 Å². The summed E-state index contributed by atoms with van der Waals surface area (Å²) in [6.07, 6.45) is 0.920. The van der Waals surface area contributed by atoms with Gasteiger partial charge in [-0.2, -0.15) is 0 Å². The van der Waals surface area contributed by atoms with Crippen molar-refractivity contribution >= 4 is 45.2 Å². The van der Waals surface area contributed by atoms with Crippen LogP contribution in [-0.2, 0) is 17.9 Å². The minimum absolute atomic E-state index is 0.0664. The lowest BCUT2D eigenvalue weighted by Crippen LogP contribution is -2.24. The zero-order chi connectivity index (χ0) is 19.2. The second kappa shape index (κ2) is 9.43. The summed E-state index contributed by atoms with van der Waals surface area (Å²) in [5.74, 6) is 1.49. The second-order valence-corrected chi connectivity index (χ2v) is 7.91. The van der Waals surface area contributed by atoms with E-state index in [0.717, 1.165) is 18.5 Å². The van der Waals surface area contributed by atoms with Gasteiger partial charge in [-0.3, -0.25) is 9.36 Å². The first-order valence-corrected chi connectivity index (χ1v) is 10.6. The van der Waals surface area contributed by atoms with Gasteiger partial charge < -0.3 is 9.73 Å². The third-order valence-electron chi connectivity index (χ3n) is 3.69. The fourth-order valence-corrected chi connectivity index (χ4v) is 3.65. The molecule has 1 amide bonds. The number of hydrogen-bond acceptors (Lipinski definition) is 5. The number of furan rings is 1. The highest BCUT2D eigenvalue weighted by Crippen LogP contribution is 2.27. The minimum Gasteiger partial charge on any atom is -0.446 e. The van der Waals surface area contributed by atoms with Crippen LogP contribution in [0.15, 0.2) is 50.6 Å². The Morgan fingerprint density at radius 2 is 2.04 bits per heavy atom. The highest BCUT2D eigenvalue weighted by molar-refractivity contribution is 9.10. The minimum atomic E-state index is -0.0664. The molecule has 0 saturated heterocycles. The number of amides is 1. The number of nitrogens with one attached hydrogen (secondary N) is 1. The molecule has 0 aliphatic rings. The maximum Gasteiger partial charge on any atom is 0.230 e. The summed E-state index contributed by atoms with van der Waals surface area (Å²) >= 11 is 10.5. The first-order chi connectivity index (χ1) is 13.1. The van der Waals surface area contributed by atoms with Crippen LogP contribution in [0.1, 0.15) is 18.9 Å². The van der Waals surface area contributed by atoms with E-state index in [-0.39, 0.29) is 11.7 Å². The SMILES string of the molecule is CCCn1c(SCC(=O)NCc2ccc(Cl)cc2)nnc1-c1ccc(Br)o1. The molecule has 0 saturated carbocycles. The van der Waals surface area contributed by atoms with Gasteiger partial charge in [0, 0.05) is 18.1 Å². The summed E-state index contributed by atoms with van der Waals surface area (Å²) in [7, 11) is 0. The average molecular weight is 470 g/mol. The number of halogens is 2. The summed E-state index contributed by atoms with van der Waals surface area (Å²) < 4.78 is 8.20. The third kappa shape index (κ3) is 5.37. The molecule has 0 spiro atoms. The van der Waals surface area contributed by atoms with Crippen LogP contribution in [0.2, 0.25) is 5.02 Å². The lowest BCUT2D eigenvalue weighted by molar-refractivity contribution is -0.118. The first-order valence-electron chi connectivity index (χ1n) is 8.39. The van der Waals surface area contributed by atoms with Gasteiger partial charge in [-0.25, -0.2) is 0 Å². The van der Waals surface area contributed by atoms with E-state index in [1.165, 1.54) is 11.8 Å². The Balaban J connectivity index is 1.60. The maximum atomic E-state index is 12.2. The molecule has 0 bridgehead atoms. The molecule has 9 heteroatoms. The third-order valence-corrected chi connectivity index (χ3v) is 5.34. The number of carbonyl (C=O) groups excluding carboxylic acids is 1. The van der Waals surface area contributed by atoms with Crippen LogP contribution in [0, 0.1) is 0 Å². The monoisotopic (exact) mass is 468 g/mol. The maximum absolute atomic E-state index is 12.2. The van der Waals surface area contributed by atoms with Gasteiger partial charge in [0.15, 0.2) is 15.6 Å². The predicted molar refractivity (Wildman–Crippen MR) is 110 cm³/mol. The second-order valence-electron chi connectivity index (χ2n) is 5.75. The zero-order valence-electron chi connectivity index (χ0n) is 14.6. The Bertz CT molecular complexity index is 910. The summed E-state index contributed by atoms with van der Waals surface area (Å²) in [5, 5.41) is 12.7. The van der Waals surface area contributed by atoms with Gasteiger partial charge in [0.25, 0.3) is 0 Å². The molecule has 27 heavy (non-hydrogen) atoms. The standard InChI is InChI=1S/C18H18BrClN4O2S/c1-2-9-24-17(14-7-8-15(19)26-14)22-23-18(24)27-11-16(25)21-10-12-3-5-13(20)6-4-12/h3-8H,2,9-11H2,1H3,(H,21,25). The van der Waals surface area contributed by atoms with Crippen molar-refractivity contribution in [2.75, 3.05) is 5.75 Å².